The van der Waals surface area contributed by atoms with Crippen LogP contribution >= 0.6 is 0 Å². The van der Waals surface area contributed by atoms with Gasteiger partial charge in [0.1, 0.15) is 0 Å². The summed E-state index contributed by atoms with van der Waals surface area (Å²) in [5.41, 5.74) is 0.532. The van der Waals surface area contributed by atoms with Gasteiger partial charge < -0.3 is 10.6 Å². The molecule has 1 unspecified atom stereocenters. The number of rotatable bonds is 4. The number of nitrogens with one attached hydrogen (secondary N) is 2. The van der Waals surface area contributed by atoms with Crippen molar-refractivity contribution in [3.8, 4) is 0 Å². The van der Waals surface area contributed by atoms with Crippen LogP contribution in [0.3, 0.4) is 0 Å². The summed E-state index contributed by atoms with van der Waals surface area (Å²) >= 11 is 0. The topological polar surface area (TPSA) is 24.1 Å². The summed E-state index contributed by atoms with van der Waals surface area (Å²) in [7, 11) is 0. The van der Waals surface area contributed by atoms with Crippen molar-refractivity contribution in [2.75, 3.05) is 13.1 Å². The predicted octanol–water partition coefficient (Wildman–Crippen LogP) is 1.66. The van der Waals surface area contributed by atoms with E-state index in [9.17, 15) is 0 Å². The molecular formula is C11H22N2. The second kappa shape index (κ2) is 3.97. The molecular weight excluding hydrogens is 160 g/mol. The van der Waals surface area contributed by atoms with Gasteiger partial charge in [-0.05, 0) is 45.1 Å². The van der Waals surface area contributed by atoms with Crippen LogP contribution in [-0.4, -0.2) is 24.7 Å². The lowest BCUT2D eigenvalue weighted by Gasteiger charge is -2.43. The summed E-state index contributed by atoms with van der Waals surface area (Å²) < 4.78 is 0. The van der Waals surface area contributed by atoms with E-state index in [-0.39, 0.29) is 0 Å². The lowest BCUT2D eigenvalue weighted by Crippen LogP contribution is -2.53. The minimum atomic E-state index is 0.532. The van der Waals surface area contributed by atoms with Gasteiger partial charge in [0.2, 0.25) is 0 Å². The molecule has 2 nitrogen and oxygen atoms in total. The first-order valence-electron chi connectivity index (χ1n) is 5.83. The van der Waals surface area contributed by atoms with Crippen molar-refractivity contribution in [3.63, 3.8) is 0 Å². The van der Waals surface area contributed by atoms with Crippen molar-refractivity contribution in [2.45, 2.75) is 57.0 Å². The third-order valence-electron chi connectivity index (χ3n) is 3.87. The van der Waals surface area contributed by atoms with Crippen LogP contribution in [0.4, 0.5) is 0 Å². The van der Waals surface area contributed by atoms with E-state index in [0.717, 1.165) is 6.04 Å². The van der Waals surface area contributed by atoms with Gasteiger partial charge in [0.05, 0.1) is 0 Å². The van der Waals surface area contributed by atoms with Gasteiger partial charge in [0, 0.05) is 18.1 Å². The second-order valence-electron chi connectivity index (χ2n) is 4.66. The Labute approximate surface area is 81.5 Å². The molecule has 0 radical (unpaired) electrons. The van der Waals surface area contributed by atoms with Crippen LogP contribution in [0.15, 0.2) is 0 Å². The SMILES string of the molecule is CCC1(NCC2CCCN2)CCC1. The Morgan fingerprint density at radius 1 is 1.38 bits per heavy atom. The Hall–Kier alpha value is -0.0800. The van der Waals surface area contributed by atoms with E-state index < -0.39 is 0 Å². The monoisotopic (exact) mass is 182 g/mol. The van der Waals surface area contributed by atoms with E-state index in [1.165, 1.54) is 51.6 Å². The highest BCUT2D eigenvalue weighted by Crippen LogP contribution is 2.34. The van der Waals surface area contributed by atoms with E-state index in [2.05, 4.69) is 17.6 Å². The van der Waals surface area contributed by atoms with Crippen LogP contribution in [0.2, 0.25) is 0 Å². The molecule has 2 fully saturated rings. The molecule has 0 aromatic carbocycles. The Bertz CT molecular complexity index is 152. The van der Waals surface area contributed by atoms with Gasteiger partial charge in [-0.1, -0.05) is 6.92 Å². The summed E-state index contributed by atoms with van der Waals surface area (Å²) in [4.78, 5) is 0. The average molecular weight is 182 g/mol. The highest BCUT2D eigenvalue weighted by Gasteiger charge is 2.34. The van der Waals surface area contributed by atoms with E-state index in [4.69, 9.17) is 0 Å². The van der Waals surface area contributed by atoms with E-state index >= 15 is 0 Å². The molecule has 13 heavy (non-hydrogen) atoms. The van der Waals surface area contributed by atoms with Gasteiger partial charge in [0.15, 0.2) is 0 Å². The third-order valence-corrected chi connectivity index (χ3v) is 3.87. The zero-order valence-electron chi connectivity index (χ0n) is 8.73. The Morgan fingerprint density at radius 2 is 2.23 bits per heavy atom. The van der Waals surface area contributed by atoms with Gasteiger partial charge in [-0.2, -0.15) is 0 Å². The van der Waals surface area contributed by atoms with E-state index in [0.29, 0.717) is 5.54 Å². The van der Waals surface area contributed by atoms with Gasteiger partial charge in [0.25, 0.3) is 0 Å². The fraction of sp³-hybridized carbons (Fsp3) is 1.00. The maximum Gasteiger partial charge on any atom is 0.0193 e. The summed E-state index contributed by atoms with van der Waals surface area (Å²) in [6.07, 6.45) is 8.27. The molecule has 2 rings (SSSR count). The highest BCUT2D eigenvalue weighted by molar-refractivity contribution is 4.95. The molecule has 1 heterocycles. The van der Waals surface area contributed by atoms with Crippen molar-refractivity contribution < 1.29 is 0 Å². The van der Waals surface area contributed by atoms with Crippen molar-refractivity contribution in [3.05, 3.63) is 0 Å². The molecule has 2 heteroatoms. The smallest absolute Gasteiger partial charge is 0.0193 e. The summed E-state index contributed by atoms with van der Waals surface area (Å²) in [5.74, 6) is 0. The maximum atomic E-state index is 3.76. The molecule has 1 saturated carbocycles. The average Bonchev–Trinajstić information content (AvgIpc) is 2.56. The molecule has 0 bridgehead atoms. The van der Waals surface area contributed by atoms with Gasteiger partial charge in [-0.15, -0.1) is 0 Å². The maximum absolute atomic E-state index is 3.76. The third kappa shape index (κ3) is 2.05. The zero-order chi connectivity index (χ0) is 9.15. The normalized spacial score (nSPS) is 31.6. The molecule has 0 aromatic heterocycles. The molecule has 76 valence electrons. The summed E-state index contributed by atoms with van der Waals surface area (Å²) in [6.45, 7) is 4.73. The minimum absolute atomic E-state index is 0.532. The van der Waals surface area contributed by atoms with Crippen LogP contribution < -0.4 is 10.6 Å². The number of hydrogen-bond acceptors (Lipinski definition) is 2. The standard InChI is InChI=1S/C11H22N2/c1-2-11(6-4-7-11)13-9-10-5-3-8-12-10/h10,12-13H,2-9H2,1H3. The predicted molar refractivity (Wildman–Crippen MR) is 55.9 cm³/mol. The second-order valence-corrected chi connectivity index (χ2v) is 4.66. The Balaban J connectivity index is 1.71. The molecule has 1 atom stereocenters. The first kappa shape index (κ1) is 9.47. The molecule has 1 saturated heterocycles. The fourth-order valence-electron chi connectivity index (χ4n) is 2.53. The van der Waals surface area contributed by atoms with Crippen molar-refractivity contribution in [2.24, 2.45) is 0 Å². The van der Waals surface area contributed by atoms with Crippen LogP contribution in [0.25, 0.3) is 0 Å². The van der Waals surface area contributed by atoms with Gasteiger partial charge in [-0.25, -0.2) is 0 Å². The minimum Gasteiger partial charge on any atom is -0.313 e. The van der Waals surface area contributed by atoms with Crippen LogP contribution in [-0.2, 0) is 0 Å². The highest BCUT2D eigenvalue weighted by atomic mass is 15.1. The van der Waals surface area contributed by atoms with Gasteiger partial charge >= 0.3 is 0 Å². The van der Waals surface area contributed by atoms with Crippen LogP contribution in [0, 0.1) is 0 Å². The lowest BCUT2D eigenvalue weighted by molar-refractivity contribution is 0.173. The molecule has 2 aliphatic rings. The van der Waals surface area contributed by atoms with Gasteiger partial charge in [-0.3, -0.25) is 0 Å². The molecule has 1 aliphatic heterocycles. The van der Waals surface area contributed by atoms with Crippen molar-refractivity contribution >= 4 is 0 Å². The summed E-state index contributed by atoms with van der Waals surface area (Å²) in [6, 6.07) is 0.754. The molecule has 1 aliphatic carbocycles. The molecule has 2 N–H and O–H groups in total. The lowest BCUT2D eigenvalue weighted by atomic mass is 9.75. The van der Waals surface area contributed by atoms with E-state index in [1.807, 2.05) is 0 Å². The quantitative estimate of drug-likeness (QED) is 0.691. The Kier molecular flexibility index (Phi) is 2.89. The Morgan fingerprint density at radius 3 is 2.69 bits per heavy atom. The number of hydrogen-bond donors (Lipinski definition) is 2. The first-order chi connectivity index (χ1) is 6.35. The largest absolute Gasteiger partial charge is 0.313 e. The molecule has 0 spiro atoms. The van der Waals surface area contributed by atoms with Crippen LogP contribution in [0.1, 0.15) is 45.4 Å². The van der Waals surface area contributed by atoms with E-state index in [1.54, 1.807) is 0 Å². The fourth-order valence-corrected chi connectivity index (χ4v) is 2.53. The zero-order valence-corrected chi connectivity index (χ0v) is 8.73. The van der Waals surface area contributed by atoms with Crippen molar-refractivity contribution in [1.82, 2.24) is 10.6 Å². The van der Waals surface area contributed by atoms with Crippen molar-refractivity contribution in [1.29, 1.82) is 0 Å². The molecule has 0 aromatic rings. The molecule has 0 amide bonds. The first-order valence-corrected chi connectivity index (χ1v) is 5.83. The summed E-state index contributed by atoms with van der Waals surface area (Å²) in [5, 5.41) is 7.30. The van der Waals surface area contributed by atoms with Crippen LogP contribution in [0.5, 0.6) is 0 Å².